The number of carbonyl (C=O) groups is 1. The molecule has 1 saturated heterocycles. The van der Waals surface area contributed by atoms with Crippen LogP contribution in [0, 0.1) is 0 Å². The fraction of sp³-hybridized carbons (Fsp3) is 0.368. The van der Waals surface area contributed by atoms with Gasteiger partial charge in [-0.1, -0.05) is 18.9 Å². The first-order chi connectivity index (χ1) is 12.4. The Morgan fingerprint density at radius 3 is 2.38 bits per heavy atom. The number of hydrogen-bond donors (Lipinski definition) is 1. The average Bonchev–Trinajstić information content (AvgIpc) is 2.91. The Kier molecular flexibility index (Phi) is 5.44. The number of nitrogens with zero attached hydrogens (tertiary/aromatic N) is 2. The Bertz CT molecular complexity index is 751. The van der Waals surface area contributed by atoms with Crippen molar-refractivity contribution in [2.24, 2.45) is 0 Å². The summed E-state index contributed by atoms with van der Waals surface area (Å²) in [7, 11) is 0. The minimum atomic E-state index is -4.45. The maximum absolute atomic E-state index is 12.8. The van der Waals surface area contributed by atoms with Gasteiger partial charge >= 0.3 is 6.18 Å². The van der Waals surface area contributed by atoms with Crippen molar-refractivity contribution < 1.29 is 18.0 Å². The average molecular weight is 363 g/mol. The van der Waals surface area contributed by atoms with E-state index in [9.17, 15) is 18.0 Å². The zero-order valence-electron chi connectivity index (χ0n) is 14.2. The van der Waals surface area contributed by atoms with Gasteiger partial charge in [-0.2, -0.15) is 13.2 Å². The number of carbonyl (C=O) groups excluding carboxylic acids is 1. The number of benzene rings is 1. The summed E-state index contributed by atoms with van der Waals surface area (Å²) in [6.45, 7) is 1.89. The first-order valence-corrected chi connectivity index (χ1v) is 8.63. The van der Waals surface area contributed by atoms with Gasteiger partial charge in [-0.15, -0.1) is 0 Å². The topological polar surface area (TPSA) is 45.2 Å². The molecule has 7 heteroatoms. The number of aromatic nitrogens is 1. The van der Waals surface area contributed by atoms with Crippen LogP contribution in [0.4, 0.5) is 24.7 Å². The molecule has 0 saturated carbocycles. The molecule has 1 aliphatic rings. The molecule has 26 heavy (non-hydrogen) atoms. The standard InChI is InChI=1S/C19H20F3N3O/c20-19(21,22)15-6-5-7-16(12-15)24-18(26)14-8-9-17(23-13-14)25-10-3-1-2-4-11-25/h5-9,12-13H,1-4,10-11H2,(H,24,26). The summed E-state index contributed by atoms with van der Waals surface area (Å²) in [5.74, 6) is 0.335. The first kappa shape index (κ1) is 18.2. The molecule has 0 spiro atoms. The Morgan fingerprint density at radius 1 is 1.04 bits per heavy atom. The zero-order valence-corrected chi connectivity index (χ0v) is 14.2. The van der Waals surface area contributed by atoms with Gasteiger partial charge in [-0.05, 0) is 43.2 Å². The summed E-state index contributed by atoms with van der Waals surface area (Å²) in [4.78, 5) is 18.8. The van der Waals surface area contributed by atoms with Crippen LogP contribution < -0.4 is 10.2 Å². The molecule has 0 atom stereocenters. The first-order valence-electron chi connectivity index (χ1n) is 8.63. The van der Waals surface area contributed by atoms with Crippen molar-refractivity contribution in [3.8, 4) is 0 Å². The van der Waals surface area contributed by atoms with Crippen molar-refractivity contribution in [2.75, 3.05) is 23.3 Å². The predicted molar refractivity (Wildman–Crippen MR) is 94.3 cm³/mol. The maximum atomic E-state index is 12.8. The Balaban J connectivity index is 1.68. The maximum Gasteiger partial charge on any atom is 0.416 e. The number of hydrogen-bond acceptors (Lipinski definition) is 3. The van der Waals surface area contributed by atoms with Crippen LogP contribution in [0.3, 0.4) is 0 Å². The summed E-state index contributed by atoms with van der Waals surface area (Å²) in [6, 6.07) is 8.00. The van der Waals surface area contributed by atoms with Crippen LogP contribution in [0.5, 0.6) is 0 Å². The van der Waals surface area contributed by atoms with E-state index in [4.69, 9.17) is 0 Å². The van der Waals surface area contributed by atoms with Crippen molar-refractivity contribution in [1.82, 2.24) is 4.98 Å². The van der Waals surface area contributed by atoms with Crippen LogP contribution >= 0.6 is 0 Å². The van der Waals surface area contributed by atoms with Gasteiger partial charge in [0.1, 0.15) is 5.82 Å². The molecule has 1 fully saturated rings. The minimum absolute atomic E-state index is 0.0985. The van der Waals surface area contributed by atoms with Gasteiger partial charge in [0, 0.05) is 25.0 Å². The Labute approximate surface area is 150 Å². The van der Waals surface area contributed by atoms with Crippen molar-refractivity contribution in [3.05, 3.63) is 53.7 Å². The third kappa shape index (κ3) is 4.53. The highest BCUT2D eigenvalue weighted by Crippen LogP contribution is 2.30. The fourth-order valence-electron chi connectivity index (χ4n) is 2.98. The number of rotatable bonds is 3. The van der Waals surface area contributed by atoms with Crippen molar-refractivity contribution in [1.29, 1.82) is 0 Å². The molecule has 1 aliphatic heterocycles. The molecule has 1 amide bonds. The van der Waals surface area contributed by atoms with E-state index in [0.29, 0.717) is 5.56 Å². The van der Waals surface area contributed by atoms with Gasteiger partial charge in [0.25, 0.3) is 5.91 Å². The molecule has 2 heterocycles. The molecule has 4 nitrogen and oxygen atoms in total. The molecule has 2 aromatic rings. The van der Waals surface area contributed by atoms with E-state index in [-0.39, 0.29) is 5.69 Å². The van der Waals surface area contributed by atoms with E-state index in [1.807, 2.05) is 0 Å². The molecule has 0 bridgehead atoms. The third-order valence-electron chi connectivity index (χ3n) is 4.39. The summed E-state index contributed by atoms with van der Waals surface area (Å²) in [6.07, 6.45) is 1.70. The second-order valence-corrected chi connectivity index (χ2v) is 6.34. The SMILES string of the molecule is O=C(Nc1cccc(C(F)(F)F)c1)c1ccc(N2CCCCCC2)nc1. The van der Waals surface area contributed by atoms with Crippen molar-refractivity contribution in [3.63, 3.8) is 0 Å². The molecule has 138 valence electrons. The number of anilines is 2. The number of halogens is 3. The van der Waals surface area contributed by atoms with Crippen molar-refractivity contribution >= 4 is 17.4 Å². The van der Waals surface area contributed by atoms with Crippen molar-refractivity contribution in [2.45, 2.75) is 31.9 Å². The van der Waals surface area contributed by atoms with E-state index in [1.165, 1.54) is 31.2 Å². The Hall–Kier alpha value is -2.57. The van der Waals surface area contributed by atoms with Crippen LogP contribution in [0.25, 0.3) is 0 Å². The third-order valence-corrected chi connectivity index (χ3v) is 4.39. The van der Waals surface area contributed by atoms with Gasteiger partial charge in [0.05, 0.1) is 11.1 Å². The monoisotopic (exact) mass is 363 g/mol. The molecule has 0 aliphatic carbocycles. The largest absolute Gasteiger partial charge is 0.416 e. The molecule has 0 unspecified atom stereocenters. The molecular weight excluding hydrogens is 343 g/mol. The van der Waals surface area contributed by atoms with Gasteiger partial charge in [0.15, 0.2) is 0 Å². The lowest BCUT2D eigenvalue weighted by Gasteiger charge is -2.21. The quantitative estimate of drug-likeness (QED) is 0.857. The highest BCUT2D eigenvalue weighted by Gasteiger charge is 2.30. The minimum Gasteiger partial charge on any atom is -0.357 e. The summed E-state index contributed by atoms with van der Waals surface area (Å²) >= 11 is 0. The Morgan fingerprint density at radius 2 is 1.77 bits per heavy atom. The molecule has 1 aromatic heterocycles. The molecule has 1 aromatic carbocycles. The van der Waals surface area contributed by atoms with Crippen LogP contribution in [0.1, 0.15) is 41.6 Å². The summed E-state index contributed by atoms with van der Waals surface area (Å²) in [5.41, 5.74) is -0.396. The molecule has 1 N–H and O–H groups in total. The fourth-order valence-corrected chi connectivity index (χ4v) is 2.98. The van der Waals surface area contributed by atoms with Gasteiger partial charge in [-0.3, -0.25) is 4.79 Å². The predicted octanol–water partition coefficient (Wildman–Crippen LogP) is 4.73. The number of alkyl halides is 3. The molecule has 0 radical (unpaired) electrons. The lowest BCUT2D eigenvalue weighted by Crippen LogP contribution is -2.25. The second-order valence-electron chi connectivity index (χ2n) is 6.34. The normalized spacial score (nSPS) is 15.4. The summed E-state index contributed by atoms with van der Waals surface area (Å²) in [5, 5.41) is 2.49. The van der Waals surface area contributed by atoms with E-state index in [1.54, 1.807) is 12.1 Å². The second kappa shape index (κ2) is 7.76. The highest BCUT2D eigenvalue weighted by atomic mass is 19.4. The van der Waals surface area contributed by atoms with Gasteiger partial charge in [-0.25, -0.2) is 4.98 Å². The van der Waals surface area contributed by atoms with E-state index in [0.717, 1.165) is 43.9 Å². The van der Waals surface area contributed by atoms with E-state index >= 15 is 0 Å². The molecular formula is C19H20F3N3O. The lowest BCUT2D eigenvalue weighted by molar-refractivity contribution is -0.137. The van der Waals surface area contributed by atoms with E-state index < -0.39 is 17.6 Å². The number of amides is 1. The van der Waals surface area contributed by atoms with Crippen LogP contribution in [-0.4, -0.2) is 24.0 Å². The van der Waals surface area contributed by atoms with Crippen LogP contribution in [0.2, 0.25) is 0 Å². The van der Waals surface area contributed by atoms with Gasteiger partial charge < -0.3 is 10.2 Å². The van der Waals surface area contributed by atoms with Crippen LogP contribution in [0.15, 0.2) is 42.6 Å². The lowest BCUT2D eigenvalue weighted by atomic mass is 10.2. The van der Waals surface area contributed by atoms with Gasteiger partial charge in [0.2, 0.25) is 0 Å². The van der Waals surface area contributed by atoms with E-state index in [2.05, 4.69) is 15.2 Å². The summed E-state index contributed by atoms with van der Waals surface area (Å²) < 4.78 is 38.3. The molecule has 3 rings (SSSR count). The smallest absolute Gasteiger partial charge is 0.357 e. The van der Waals surface area contributed by atoms with Crippen LogP contribution in [-0.2, 0) is 6.18 Å². The highest BCUT2D eigenvalue weighted by molar-refractivity contribution is 6.04. The zero-order chi connectivity index (χ0) is 18.6. The number of nitrogens with one attached hydrogen (secondary N) is 1. The number of pyridine rings is 1.